The first-order chi connectivity index (χ1) is 9.02. The van der Waals surface area contributed by atoms with E-state index in [9.17, 15) is 4.79 Å². The normalized spacial score (nSPS) is 18.8. The van der Waals surface area contributed by atoms with E-state index in [2.05, 4.69) is 12.6 Å². The third kappa shape index (κ3) is 2.93. The lowest BCUT2D eigenvalue weighted by Gasteiger charge is -2.23. The topological polar surface area (TPSA) is 81.6 Å². The first-order valence-corrected chi connectivity index (χ1v) is 6.96. The van der Waals surface area contributed by atoms with Gasteiger partial charge >= 0.3 is 0 Å². The van der Waals surface area contributed by atoms with Gasteiger partial charge in [0.2, 0.25) is 0 Å². The molecule has 0 saturated carbocycles. The molecule has 1 aromatic carbocycles. The monoisotopic (exact) mass is 297 g/mol. The lowest BCUT2D eigenvalue weighted by molar-refractivity contribution is -0.114. The van der Waals surface area contributed by atoms with Crippen molar-refractivity contribution in [3.05, 3.63) is 40.6 Å². The van der Waals surface area contributed by atoms with Crippen molar-refractivity contribution in [1.29, 1.82) is 0 Å². The van der Waals surface area contributed by atoms with Crippen LogP contribution in [0.5, 0.6) is 5.75 Å². The molecule has 0 fully saturated rings. The van der Waals surface area contributed by atoms with Crippen molar-refractivity contribution in [3.63, 3.8) is 0 Å². The first kappa shape index (κ1) is 14.0. The fourth-order valence-electron chi connectivity index (χ4n) is 1.75. The van der Waals surface area contributed by atoms with Crippen LogP contribution in [0.2, 0.25) is 0 Å². The maximum absolute atomic E-state index is 11.2. The molecular formula is C12H15N3O2S2. The van der Waals surface area contributed by atoms with Crippen molar-refractivity contribution in [2.45, 2.75) is 11.3 Å². The van der Waals surface area contributed by atoms with Crippen LogP contribution in [-0.2, 0) is 11.3 Å². The number of thioether (sulfide) groups is 1. The van der Waals surface area contributed by atoms with Gasteiger partial charge in [0.25, 0.3) is 5.91 Å². The minimum absolute atomic E-state index is 0.204. The van der Waals surface area contributed by atoms with Gasteiger partial charge in [0.15, 0.2) is 0 Å². The molecule has 0 aromatic heterocycles. The van der Waals surface area contributed by atoms with E-state index in [4.69, 9.17) is 16.2 Å². The van der Waals surface area contributed by atoms with E-state index < -0.39 is 5.91 Å². The predicted octanol–water partition coefficient (Wildman–Crippen LogP) is 1.07. The zero-order valence-corrected chi connectivity index (χ0v) is 12.1. The number of nitrogens with zero attached hydrogens (tertiary/aromatic N) is 1. The van der Waals surface area contributed by atoms with Crippen molar-refractivity contribution in [3.8, 4) is 5.75 Å². The number of hydrogen-bond acceptors (Lipinski definition) is 6. The van der Waals surface area contributed by atoms with Crippen molar-refractivity contribution in [1.82, 2.24) is 4.90 Å². The standard InChI is InChI=1S/C12H15N3O2S2/c1-17-8-4-2-7(3-5-8)6-15-10(13)9(11(14)16)19-12(15)18/h2-5,12,18H,6,13H2,1H3,(H2,14,16). The molecule has 4 N–H and O–H groups in total. The molecule has 7 heteroatoms. The third-order valence-electron chi connectivity index (χ3n) is 2.77. The fourth-order valence-corrected chi connectivity index (χ4v) is 3.16. The van der Waals surface area contributed by atoms with Crippen molar-refractivity contribution in [2.24, 2.45) is 11.5 Å². The van der Waals surface area contributed by atoms with Gasteiger partial charge in [-0.25, -0.2) is 0 Å². The number of amides is 1. The molecule has 1 unspecified atom stereocenters. The number of nitrogens with two attached hydrogens (primary N) is 2. The Kier molecular flexibility index (Phi) is 4.16. The van der Waals surface area contributed by atoms with E-state index in [0.717, 1.165) is 11.3 Å². The van der Waals surface area contributed by atoms with E-state index in [-0.39, 0.29) is 4.71 Å². The van der Waals surface area contributed by atoms with Crippen LogP contribution in [0.25, 0.3) is 0 Å². The summed E-state index contributed by atoms with van der Waals surface area (Å²) in [7, 11) is 1.62. The minimum atomic E-state index is -0.515. The molecule has 1 aliphatic rings. The number of ether oxygens (including phenoxy) is 1. The molecule has 1 aromatic rings. The van der Waals surface area contributed by atoms with Crippen molar-refractivity contribution in [2.75, 3.05) is 7.11 Å². The zero-order chi connectivity index (χ0) is 14.0. The number of carbonyl (C=O) groups excluding carboxylic acids is 1. The second kappa shape index (κ2) is 5.66. The average Bonchev–Trinajstić information content (AvgIpc) is 2.68. The average molecular weight is 297 g/mol. The van der Waals surface area contributed by atoms with Crippen LogP contribution in [0.15, 0.2) is 35.0 Å². The van der Waals surface area contributed by atoms with Crippen molar-refractivity contribution < 1.29 is 9.53 Å². The van der Waals surface area contributed by atoms with Crippen LogP contribution < -0.4 is 16.2 Å². The number of hydrogen-bond donors (Lipinski definition) is 3. The Balaban J connectivity index is 2.15. The number of benzene rings is 1. The van der Waals surface area contributed by atoms with Crippen molar-refractivity contribution >= 4 is 30.3 Å². The van der Waals surface area contributed by atoms with Gasteiger partial charge < -0.3 is 21.1 Å². The molecule has 1 heterocycles. The Morgan fingerprint density at radius 2 is 2.11 bits per heavy atom. The molecule has 5 nitrogen and oxygen atoms in total. The molecule has 0 bridgehead atoms. The molecule has 1 atom stereocenters. The summed E-state index contributed by atoms with van der Waals surface area (Å²) >= 11 is 5.67. The second-order valence-corrected chi connectivity index (χ2v) is 5.93. The number of carbonyl (C=O) groups is 1. The summed E-state index contributed by atoms with van der Waals surface area (Å²) in [5.41, 5.74) is 12.2. The van der Waals surface area contributed by atoms with Crippen LogP contribution in [0.4, 0.5) is 0 Å². The second-order valence-electron chi connectivity index (χ2n) is 4.00. The van der Waals surface area contributed by atoms with E-state index in [1.165, 1.54) is 11.8 Å². The maximum atomic E-state index is 11.2. The van der Waals surface area contributed by atoms with Crippen LogP contribution in [0.1, 0.15) is 5.56 Å². The van der Waals surface area contributed by atoms with Crippen LogP contribution >= 0.6 is 24.4 Å². The molecule has 19 heavy (non-hydrogen) atoms. The number of primary amides is 1. The van der Waals surface area contributed by atoms with Crippen LogP contribution in [0.3, 0.4) is 0 Å². The van der Waals surface area contributed by atoms with E-state index in [1.54, 1.807) is 7.11 Å². The molecule has 0 radical (unpaired) electrons. The summed E-state index contributed by atoms with van der Waals surface area (Å²) in [5.74, 6) is 0.662. The van der Waals surface area contributed by atoms with Gasteiger partial charge in [-0.3, -0.25) is 4.79 Å². The van der Waals surface area contributed by atoms with Gasteiger partial charge in [0, 0.05) is 6.54 Å². The summed E-state index contributed by atoms with van der Waals surface area (Å²) in [5, 5.41) is 0. The minimum Gasteiger partial charge on any atom is -0.497 e. The fraction of sp³-hybridized carbons (Fsp3) is 0.250. The van der Waals surface area contributed by atoms with Crippen LogP contribution in [-0.4, -0.2) is 22.6 Å². The maximum Gasteiger partial charge on any atom is 0.258 e. The highest BCUT2D eigenvalue weighted by atomic mass is 32.2. The van der Waals surface area contributed by atoms with Gasteiger partial charge in [-0.2, -0.15) is 0 Å². The van der Waals surface area contributed by atoms with Crippen LogP contribution in [0, 0.1) is 0 Å². The molecule has 1 amide bonds. The Morgan fingerprint density at radius 3 is 2.58 bits per heavy atom. The SMILES string of the molecule is COc1ccc(CN2C(N)=C(C(N)=O)SC2S)cc1. The van der Waals surface area contributed by atoms with Gasteiger partial charge in [-0.15, -0.1) is 12.6 Å². The summed E-state index contributed by atoms with van der Waals surface area (Å²) in [6, 6.07) is 7.64. The molecule has 2 rings (SSSR count). The van der Waals surface area contributed by atoms with E-state index in [1.807, 2.05) is 29.2 Å². The number of methoxy groups -OCH3 is 1. The lowest BCUT2D eigenvalue weighted by Crippen LogP contribution is -2.28. The highest BCUT2D eigenvalue weighted by Crippen LogP contribution is 2.38. The molecule has 0 aliphatic carbocycles. The molecule has 102 valence electrons. The third-order valence-corrected chi connectivity index (χ3v) is 4.47. The Labute approximate surface area is 121 Å². The summed E-state index contributed by atoms with van der Waals surface area (Å²) in [4.78, 5) is 13.4. The van der Waals surface area contributed by atoms with E-state index in [0.29, 0.717) is 17.3 Å². The summed E-state index contributed by atoms with van der Waals surface area (Å²) in [6.07, 6.45) is 0. The Bertz CT molecular complexity index is 516. The number of rotatable bonds is 4. The smallest absolute Gasteiger partial charge is 0.258 e. The molecule has 0 saturated heterocycles. The van der Waals surface area contributed by atoms with Gasteiger partial charge in [0.1, 0.15) is 21.2 Å². The quantitative estimate of drug-likeness (QED) is 0.724. The van der Waals surface area contributed by atoms with Gasteiger partial charge in [-0.05, 0) is 17.7 Å². The Morgan fingerprint density at radius 1 is 1.47 bits per heavy atom. The number of thiol groups is 1. The highest BCUT2D eigenvalue weighted by molar-refractivity contribution is 8.13. The summed E-state index contributed by atoms with van der Waals surface area (Å²) < 4.78 is 4.90. The lowest BCUT2D eigenvalue weighted by atomic mass is 10.2. The van der Waals surface area contributed by atoms with Gasteiger partial charge in [0.05, 0.1) is 7.11 Å². The molecular weight excluding hydrogens is 282 g/mol. The Hall–Kier alpha value is -1.47. The highest BCUT2D eigenvalue weighted by Gasteiger charge is 2.31. The van der Waals surface area contributed by atoms with Gasteiger partial charge in [-0.1, -0.05) is 23.9 Å². The zero-order valence-electron chi connectivity index (χ0n) is 10.4. The summed E-state index contributed by atoms with van der Waals surface area (Å²) in [6.45, 7) is 0.563. The molecule has 1 aliphatic heterocycles. The first-order valence-electron chi connectivity index (χ1n) is 5.56. The molecule has 0 spiro atoms. The van der Waals surface area contributed by atoms with E-state index >= 15 is 0 Å². The predicted molar refractivity (Wildman–Crippen MR) is 79.3 cm³/mol. The largest absolute Gasteiger partial charge is 0.497 e.